The summed E-state index contributed by atoms with van der Waals surface area (Å²) in [6, 6.07) is 63.0. The van der Waals surface area contributed by atoms with Gasteiger partial charge in [0.25, 0.3) is 0 Å². The first-order valence-corrected chi connectivity index (χ1v) is 16.7. The van der Waals surface area contributed by atoms with Gasteiger partial charge in [-0.25, -0.2) is 0 Å². The number of benzene rings is 9. The first-order valence-electron chi connectivity index (χ1n) is 16.7. The van der Waals surface area contributed by atoms with Crippen LogP contribution in [0.4, 0.5) is 0 Å². The summed E-state index contributed by atoms with van der Waals surface area (Å²) < 4.78 is 0. The molecular formula is C48H34. The fraction of sp³-hybridized carbons (Fsp3) is 0.0417. The molecule has 9 aromatic rings. The highest BCUT2D eigenvalue weighted by Crippen LogP contribution is 2.42. The zero-order valence-electron chi connectivity index (χ0n) is 27.2. The zero-order valence-corrected chi connectivity index (χ0v) is 27.2. The van der Waals surface area contributed by atoms with Crippen LogP contribution in [-0.2, 0) is 0 Å². The van der Waals surface area contributed by atoms with Gasteiger partial charge < -0.3 is 0 Å². The molecule has 0 aliphatic rings. The molecule has 48 heavy (non-hydrogen) atoms. The Morgan fingerprint density at radius 1 is 0.250 bits per heavy atom. The molecule has 0 atom stereocenters. The molecule has 0 spiro atoms. The number of fused-ring (bicyclic) bond motifs is 5. The maximum atomic E-state index is 2.42. The van der Waals surface area contributed by atoms with Crippen molar-refractivity contribution in [2.24, 2.45) is 0 Å². The molecule has 0 nitrogen and oxygen atoms in total. The van der Waals surface area contributed by atoms with Gasteiger partial charge >= 0.3 is 0 Å². The fourth-order valence-electron chi connectivity index (χ4n) is 7.58. The highest BCUT2D eigenvalue weighted by molar-refractivity contribution is 6.16. The van der Waals surface area contributed by atoms with Gasteiger partial charge in [-0.05, 0) is 138 Å². The molecule has 0 aliphatic heterocycles. The number of hydrogen-bond donors (Lipinski definition) is 0. The van der Waals surface area contributed by atoms with Gasteiger partial charge in [0.2, 0.25) is 0 Å². The minimum atomic E-state index is 1.22. The van der Waals surface area contributed by atoms with Crippen LogP contribution in [0.1, 0.15) is 11.1 Å². The average molecular weight is 611 g/mol. The van der Waals surface area contributed by atoms with Crippen LogP contribution in [-0.4, -0.2) is 0 Å². The molecule has 0 saturated carbocycles. The highest BCUT2D eigenvalue weighted by Gasteiger charge is 2.15. The topological polar surface area (TPSA) is 0 Å². The van der Waals surface area contributed by atoms with E-state index in [-0.39, 0.29) is 0 Å². The van der Waals surface area contributed by atoms with Crippen molar-refractivity contribution in [3.05, 3.63) is 181 Å². The van der Waals surface area contributed by atoms with Gasteiger partial charge in [-0.1, -0.05) is 145 Å². The largest absolute Gasteiger partial charge is 0.0622 e. The third kappa shape index (κ3) is 4.94. The highest BCUT2D eigenvalue weighted by atomic mass is 14.2. The third-order valence-electron chi connectivity index (χ3n) is 9.85. The average Bonchev–Trinajstić information content (AvgIpc) is 3.13. The van der Waals surface area contributed by atoms with Crippen LogP contribution >= 0.6 is 0 Å². The van der Waals surface area contributed by atoms with Crippen molar-refractivity contribution in [2.75, 3.05) is 0 Å². The normalized spacial score (nSPS) is 11.5. The molecule has 0 heterocycles. The summed E-state index contributed by atoms with van der Waals surface area (Å²) in [5, 5.41) is 10.1. The van der Waals surface area contributed by atoms with E-state index in [1.165, 1.54) is 98.7 Å². The summed E-state index contributed by atoms with van der Waals surface area (Å²) in [4.78, 5) is 0. The van der Waals surface area contributed by atoms with E-state index in [0.29, 0.717) is 0 Å². The van der Waals surface area contributed by atoms with E-state index >= 15 is 0 Å². The van der Waals surface area contributed by atoms with Crippen LogP contribution in [0.25, 0.3) is 87.6 Å². The van der Waals surface area contributed by atoms with Gasteiger partial charge in [0.05, 0.1) is 0 Å². The molecule has 0 N–H and O–H groups in total. The van der Waals surface area contributed by atoms with Crippen molar-refractivity contribution < 1.29 is 0 Å². The molecule has 0 amide bonds. The van der Waals surface area contributed by atoms with Crippen molar-refractivity contribution in [2.45, 2.75) is 13.8 Å². The van der Waals surface area contributed by atoms with E-state index in [2.05, 4.69) is 184 Å². The molecule has 0 aromatic heterocycles. The lowest BCUT2D eigenvalue weighted by Crippen LogP contribution is -1.90. The van der Waals surface area contributed by atoms with Crippen molar-refractivity contribution in [1.82, 2.24) is 0 Å². The maximum Gasteiger partial charge on any atom is -0.00928 e. The lowest BCUT2D eigenvalue weighted by molar-refractivity contribution is 1.38. The Morgan fingerprint density at radius 3 is 1.50 bits per heavy atom. The number of hydrogen-bond acceptors (Lipinski definition) is 0. The lowest BCUT2D eigenvalue weighted by Gasteiger charge is -2.17. The number of rotatable bonds is 4. The zero-order chi connectivity index (χ0) is 32.2. The summed E-state index contributed by atoms with van der Waals surface area (Å²) in [5.41, 5.74) is 12.5. The van der Waals surface area contributed by atoms with Crippen LogP contribution in [0.3, 0.4) is 0 Å². The predicted molar refractivity (Wildman–Crippen MR) is 208 cm³/mol. The fourth-order valence-corrected chi connectivity index (χ4v) is 7.58. The lowest BCUT2D eigenvalue weighted by atomic mass is 9.87. The van der Waals surface area contributed by atoms with Gasteiger partial charge in [-0.15, -0.1) is 0 Å². The molecule has 0 saturated heterocycles. The minimum absolute atomic E-state index is 1.22. The molecule has 0 radical (unpaired) electrons. The van der Waals surface area contributed by atoms with Gasteiger partial charge in [-0.2, -0.15) is 0 Å². The third-order valence-corrected chi connectivity index (χ3v) is 9.85. The standard InChI is InChI=1S/C48H34/c1-31-22-32(2)24-41(23-31)38-18-20-43-42(26-38)30-47(39-17-16-33-10-6-7-13-35(33)25-39)48-29-40(19-21-44(43)48)46-28-37-15-9-8-14-36(37)27-45(46)34-11-4-3-5-12-34/h3-30H,1-2H3. The summed E-state index contributed by atoms with van der Waals surface area (Å²) >= 11 is 0. The second kappa shape index (κ2) is 11.4. The molecule has 0 unspecified atom stereocenters. The molecule has 9 rings (SSSR count). The molecule has 0 fully saturated rings. The molecular weight excluding hydrogens is 577 g/mol. The minimum Gasteiger partial charge on any atom is -0.0622 e. The summed E-state index contributed by atoms with van der Waals surface area (Å²) in [6.07, 6.45) is 0. The maximum absolute atomic E-state index is 2.42. The van der Waals surface area contributed by atoms with Crippen molar-refractivity contribution in [3.63, 3.8) is 0 Å². The molecule has 9 aromatic carbocycles. The van der Waals surface area contributed by atoms with Crippen molar-refractivity contribution in [3.8, 4) is 44.5 Å². The Labute approximate surface area is 281 Å². The van der Waals surface area contributed by atoms with Gasteiger partial charge in [0, 0.05) is 0 Å². The van der Waals surface area contributed by atoms with Crippen LogP contribution in [0.5, 0.6) is 0 Å². The van der Waals surface area contributed by atoms with E-state index < -0.39 is 0 Å². The van der Waals surface area contributed by atoms with Crippen LogP contribution in [0.2, 0.25) is 0 Å². The van der Waals surface area contributed by atoms with Crippen molar-refractivity contribution >= 4 is 43.1 Å². The SMILES string of the molecule is Cc1cc(C)cc(-c2ccc3c(c2)cc(-c2ccc4ccccc4c2)c2cc(-c4cc5ccccc5cc4-c4ccccc4)ccc23)c1. The predicted octanol–water partition coefficient (Wildman–Crippen LogP) is 13.6. The Bertz CT molecular complexity index is 2660. The first-order chi connectivity index (χ1) is 23.6. The van der Waals surface area contributed by atoms with Gasteiger partial charge in [0.1, 0.15) is 0 Å². The van der Waals surface area contributed by atoms with Crippen LogP contribution in [0.15, 0.2) is 170 Å². The van der Waals surface area contributed by atoms with E-state index in [4.69, 9.17) is 0 Å². The summed E-state index contributed by atoms with van der Waals surface area (Å²) in [5.74, 6) is 0. The Balaban J connectivity index is 1.32. The van der Waals surface area contributed by atoms with Crippen LogP contribution in [0, 0.1) is 13.8 Å². The molecule has 226 valence electrons. The second-order valence-corrected chi connectivity index (χ2v) is 13.2. The Morgan fingerprint density at radius 2 is 0.771 bits per heavy atom. The van der Waals surface area contributed by atoms with Crippen molar-refractivity contribution in [1.29, 1.82) is 0 Å². The quantitative estimate of drug-likeness (QED) is 0.174. The van der Waals surface area contributed by atoms with E-state index in [9.17, 15) is 0 Å². The summed E-state index contributed by atoms with van der Waals surface area (Å²) in [7, 11) is 0. The molecule has 0 aliphatic carbocycles. The first kappa shape index (κ1) is 28.3. The van der Waals surface area contributed by atoms with E-state index in [0.717, 1.165) is 0 Å². The summed E-state index contributed by atoms with van der Waals surface area (Å²) in [6.45, 7) is 4.36. The number of aryl methyl sites for hydroxylation is 2. The Kier molecular flexibility index (Phi) is 6.69. The molecule has 0 heteroatoms. The van der Waals surface area contributed by atoms with Gasteiger partial charge in [-0.3, -0.25) is 0 Å². The smallest absolute Gasteiger partial charge is 0.00928 e. The second-order valence-electron chi connectivity index (χ2n) is 13.2. The Hall–Kier alpha value is -5.98. The monoisotopic (exact) mass is 610 g/mol. The molecule has 0 bridgehead atoms. The van der Waals surface area contributed by atoms with Gasteiger partial charge in [0.15, 0.2) is 0 Å². The van der Waals surface area contributed by atoms with E-state index in [1.54, 1.807) is 0 Å². The van der Waals surface area contributed by atoms with E-state index in [1.807, 2.05) is 0 Å². The van der Waals surface area contributed by atoms with Crippen LogP contribution < -0.4 is 0 Å².